The zero-order valence-corrected chi connectivity index (χ0v) is 12.8. The Morgan fingerprint density at radius 2 is 1.96 bits per heavy atom. The van der Waals surface area contributed by atoms with Crippen molar-refractivity contribution in [2.45, 2.75) is 13.3 Å². The molecule has 2 heterocycles. The van der Waals surface area contributed by atoms with E-state index in [2.05, 4.69) is 10.3 Å². The molecule has 0 aliphatic carbocycles. The number of halogens is 3. The average Bonchev–Trinajstić information content (AvgIpc) is 2.97. The molecule has 3 aromatic rings. The van der Waals surface area contributed by atoms with Crippen LogP contribution in [-0.2, 0) is 6.42 Å². The molecule has 1 amide bonds. The molecule has 0 unspecified atom stereocenters. The summed E-state index contributed by atoms with van der Waals surface area (Å²) in [5.74, 6) is -5.27. The number of benzene rings is 1. The first-order valence-electron chi connectivity index (χ1n) is 7.32. The average molecular weight is 333 g/mol. The van der Waals surface area contributed by atoms with E-state index >= 15 is 0 Å². The lowest BCUT2D eigenvalue weighted by Crippen LogP contribution is -2.27. The highest BCUT2D eigenvalue weighted by Gasteiger charge is 2.18. The van der Waals surface area contributed by atoms with Gasteiger partial charge in [0.05, 0.1) is 11.3 Å². The van der Waals surface area contributed by atoms with Crippen LogP contribution in [0.5, 0.6) is 0 Å². The quantitative estimate of drug-likeness (QED) is 0.746. The minimum Gasteiger partial charge on any atom is -0.352 e. The van der Waals surface area contributed by atoms with Crippen LogP contribution < -0.4 is 5.32 Å². The van der Waals surface area contributed by atoms with Crippen molar-refractivity contribution in [2.24, 2.45) is 0 Å². The predicted molar refractivity (Wildman–Crippen MR) is 82.3 cm³/mol. The number of rotatable bonds is 4. The van der Waals surface area contributed by atoms with E-state index in [4.69, 9.17) is 0 Å². The number of aryl methyl sites for hydroxylation is 1. The van der Waals surface area contributed by atoms with E-state index in [1.54, 1.807) is 0 Å². The molecule has 0 saturated carbocycles. The van der Waals surface area contributed by atoms with Gasteiger partial charge in [0, 0.05) is 24.9 Å². The van der Waals surface area contributed by atoms with E-state index in [9.17, 15) is 18.0 Å². The summed E-state index contributed by atoms with van der Waals surface area (Å²) in [6.07, 6.45) is 2.28. The molecule has 2 aromatic heterocycles. The van der Waals surface area contributed by atoms with Crippen LogP contribution in [0.3, 0.4) is 0 Å². The highest BCUT2D eigenvalue weighted by Crippen LogP contribution is 2.15. The maximum absolute atomic E-state index is 13.6. The summed E-state index contributed by atoms with van der Waals surface area (Å²) in [4.78, 5) is 16.3. The SMILES string of the molecule is Cc1cccc2nc(CCNC(=O)c3ccc(F)c(F)c3F)cn12. The fourth-order valence-electron chi connectivity index (χ4n) is 2.42. The summed E-state index contributed by atoms with van der Waals surface area (Å²) < 4.78 is 41.5. The molecule has 0 spiro atoms. The number of nitrogens with one attached hydrogen (secondary N) is 1. The van der Waals surface area contributed by atoms with Crippen LogP contribution in [0.15, 0.2) is 36.5 Å². The number of aromatic nitrogens is 2. The molecular formula is C17H14F3N3O. The number of amides is 1. The van der Waals surface area contributed by atoms with Gasteiger partial charge in [-0.15, -0.1) is 0 Å². The molecule has 1 N–H and O–H groups in total. The van der Waals surface area contributed by atoms with Gasteiger partial charge in [-0.1, -0.05) is 6.07 Å². The van der Waals surface area contributed by atoms with Crippen LogP contribution in [0.25, 0.3) is 5.65 Å². The topological polar surface area (TPSA) is 46.4 Å². The van der Waals surface area contributed by atoms with Crippen LogP contribution in [0.4, 0.5) is 13.2 Å². The number of hydrogen-bond donors (Lipinski definition) is 1. The number of carbonyl (C=O) groups excluding carboxylic acids is 1. The fraction of sp³-hybridized carbons (Fsp3) is 0.176. The van der Waals surface area contributed by atoms with Crippen molar-refractivity contribution in [3.63, 3.8) is 0 Å². The van der Waals surface area contributed by atoms with Crippen molar-refractivity contribution in [2.75, 3.05) is 6.54 Å². The fourth-order valence-corrected chi connectivity index (χ4v) is 2.42. The standard InChI is InChI=1S/C17H14F3N3O/c1-10-3-2-4-14-22-11(9-23(10)14)7-8-21-17(24)12-5-6-13(18)16(20)15(12)19/h2-6,9H,7-8H2,1H3,(H,21,24). The Morgan fingerprint density at radius 1 is 1.17 bits per heavy atom. The van der Waals surface area contributed by atoms with Crippen molar-refractivity contribution < 1.29 is 18.0 Å². The minimum atomic E-state index is -1.65. The van der Waals surface area contributed by atoms with E-state index in [-0.39, 0.29) is 6.54 Å². The van der Waals surface area contributed by atoms with Crippen LogP contribution in [-0.4, -0.2) is 21.8 Å². The van der Waals surface area contributed by atoms with Gasteiger partial charge in [-0.2, -0.15) is 0 Å². The molecule has 0 atom stereocenters. The maximum atomic E-state index is 13.6. The normalized spacial score (nSPS) is 11.0. The van der Waals surface area contributed by atoms with Gasteiger partial charge >= 0.3 is 0 Å². The molecule has 0 aliphatic heterocycles. The van der Waals surface area contributed by atoms with Crippen molar-refractivity contribution in [3.05, 3.63) is 70.9 Å². The van der Waals surface area contributed by atoms with Gasteiger partial charge in [0.2, 0.25) is 0 Å². The zero-order chi connectivity index (χ0) is 17.3. The summed E-state index contributed by atoms with van der Waals surface area (Å²) in [7, 11) is 0. The Bertz CT molecular complexity index is 921. The molecule has 0 aliphatic rings. The van der Waals surface area contributed by atoms with Gasteiger partial charge in [0.15, 0.2) is 17.5 Å². The lowest BCUT2D eigenvalue weighted by Gasteiger charge is -2.06. The molecule has 0 saturated heterocycles. The molecule has 0 bridgehead atoms. The van der Waals surface area contributed by atoms with Gasteiger partial charge in [-0.05, 0) is 31.2 Å². The monoisotopic (exact) mass is 333 g/mol. The molecule has 7 heteroatoms. The van der Waals surface area contributed by atoms with E-state index < -0.39 is 28.9 Å². The van der Waals surface area contributed by atoms with Crippen molar-refractivity contribution in [1.29, 1.82) is 0 Å². The van der Waals surface area contributed by atoms with Crippen molar-refractivity contribution in [1.82, 2.24) is 14.7 Å². The molecule has 0 radical (unpaired) electrons. The van der Waals surface area contributed by atoms with Crippen LogP contribution in [0.2, 0.25) is 0 Å². The third kappa shape index (κ3) is 2.97. The summed E-state index contributed by atoms with van der Waals surface area (Å²) in [5.41, 5.74) is 2.05. The molecule has 24 heavy (non-hydrogen) atoms. The Morgan fingerprint density at radius 3 is 2.71 bits per heavy atom. The largest absolute Gasteiger partial charge is 0.352 e. The number of imidazole rings is 1. The van der Waals surface area contributed by atoms with Gasteiger partial charge in [-0.3, -0.25) is 4.79 Å². The minimum absolute atomic E-state index is 0.195. The summed E-state index contributed by atoms with van der Waals surface area (Å²) >= 11 is 0. The molecule has 1 aromatic carbocycles. The van der Waals surface area contributed by atoms with E-state index in [0.717, 1.165) is 29.2 Å². The van der Waals surface area contributed by atoms with Crippen molar-refractivity contribution in [3.8, 4) is 0 Å². The van der Waals surface area contributed by atoms with Gasteiger partial charge in [0.25, 0.3) is 5.91 Å². The Balaban J connectivity index is 1.66. The second kappa shape index (κ2) is 6.35. The highest BCUT2D eigenvalue weighted by atomic mass is 19.2. The number of nitrogens with zero attached hydrogens (tertiary/aromatic N) is 2. The molecule has 3 rings (SSSR count). The highest BCUT2D eigenvalue weighted by molar-refractivity contribution is 5.94. The van der Waals surface area contributed by atoms with Crippen LogP contribution in [0, 0.1) is 24.4 Å². The lowest BCUT2D eigenvalue weighted by molar-refractivity contribution is 0.0948. The van der Waals surface area contributed by atoms with Crippen LogP contribution >= 0.6 is 0 Å². The molecule has 4 nitrogen and oxygen atoms in total. The number of pyridine rings is 1. The van der Waals surface area contributed by atoms with Crippen molar-refractivity contribution >= 4 is 11.6 Å². The first-order chi connectivity index (χ1) is 11.5. The van der Waals surface area contributed by atoms with E-state index in [0.29, 0.717) is 6.42 Å². The smallest absolute Gasteiger partial charge is 0.254 e. The zero-order valence-electron chi connectivity index (χ0n) is 12.8. The first kappa shape index (κ1) is 16.0. The van der Waals surface area contributed by atoms with E-state index in [1.165, 1.54) is 0 Å². The van der Waals surface area contributed by atoms with Gasteiger partial charge in [0.1, 0.15) is 5.65 Å². The number of fused-ring (bicyclic) bond motifs is 1. The summed E-state index contributed by atoms with van der Waals surface area (Å²) in [6, 6.07) is 7.35. The first-order valence-corrected chi connectivity index (χ1v) is 7.32. The summed E-state index contributed by atoms with van der Waals surface area (Å²) in [5, 5.41) is 2.48. The Labute approximate surface area is 135 Å². The van der Waals surface area contributed by atoms with Gasteiger partial charge < -0.3 is 9.72 Å². The predicted octanol–water partition coefficient (Wildman–Crippen LogP) is 3.03. The Kier molecular flexibility index (Phi) is 4.24. The number of hydrogen-bond acceptors (Lipinski definition) is 2. The van der Waals surface area contributed by atoms with Gasteiger partial charge in [-0.25, -0.2) is 18.2 Å². The maximum Gasteiger partial charge on any atom is 0.254 e. The Hall–Kier alpha value is -2.83. The second-order valence-electron chi connectivity index (χ2n) is 5.36. The molecular weight excluding hydrogens is 319 g/mol. The third-order valence-electron chi connectivity index (χ3n) is 3.69. The number of carbonyl (C=O) groups is 1. The molecule has 124 valence electrons. The summed E-state index contributed by atoms with van der Waals surface area (Å²) in [6.45, 7) is 2.15. The van der Waals surface area contributed by atoms with E-state index in [1.807, 2.05) is 35.7 Å². The lowest BCUT2D eigenvalue weighted by atomic mass is 10.2. The third-order valence-corrected chi connectivity index (χ3v) is 3.69. The second-order valence-corrected chi connectivity index (χ2v) is 5.36. The molecule has 0 fully saturated rings. The van der Waals surface area contributed by atoms with Crippen LogP contribution in [0.1, 0.15) is 21.7 Å².